The van der Waals surface area contributed by atoms with Crippen LogP contribution in [-0.2, 0) is 25.7 Å². The van der Waals surface area contributed by atoms with Crippen molar-refractivity contribution in [2.24, 2.45) is 5.92 Å². The number of esters is 1. The molecule has 0 spiro atoms. The van der Waals surface area contributed by atoms with Crippen molar-refractivity contribution >= 4 is 23.6 Å². The molecule has 1 aliphatic rings. The summed E-state index contributed by atoms with van der Waals surface area (Å²) in [5.74, 6) is -7.89. The molecule has 0 saturated heterocycles. The Kier molecular flexibility index (Phi) is 4.03. The quantitative estimate of drug-likeness (QED) is 0.610. The number of Topliss-reactive ketones (excluding diaryl/α,β-unsaturated/α-hetero) is 1. The Morgan fingerprint density at radius 2 is 1.82 bits per heavy atom. The Balaban J connectivity index is 2.40. The lowest BCUT2D eigenvalue weighted by Gasteiger charge is -2.18. The third kappa shape index (κ3) is 2.36. The average molecular weight is 311 g/mol. The largest absolute Gasteiger partial charge is 0.468 e. The summed E-state index contributed by atoms with van der Waals surface area (Å²) in [7, 11) is 0.978. The number of ether oxygens (including phenoxy) is 1. The number of amides is 2. The van der Waals surface area contributed by atoms with E-state index in [9.17, 15) is 28.0 Å². The highest BCUT2D eigenvalue weighted by atomic mass is 19.1. The lowest BCUT2D eigenvalue weighted by atomic mass is 10.0. The van der Waals surface area contributed by atoms with Gasteiger partial charge in [0.05, 0.1) is 19.2 Å². The molecular weight excluding hydrogens is 300 g/mol. The number of nitrogens with zero attached hydrogens (tertiary/aromatic N) is 1. The maximum absolute atomic E-state index is 13.7. The molecule has 116 valence electrons. The molecule has 1 aromatic carbocycles. The molecule has 6 nitrogen and oxygen atoms in total. The molecule has 1 aromatic rings. The van der Waals surface area contributed by atoms with E-state index in [1.54, 1.807) is 0 Å². The molecule has 0 bridgehead atoms. The second-order valence-electron chi connectivity index (χ2n) is 4.68. The van der Waals surface area contributed by atoms with E-state index in [1.807, 2.05) is 0 Å². The van der Waals surface area contributed by atoms with Crippen molar-refractivity contribution in [3.63, 3.8) is 0 Å². The van der Waals surface area contributed by atoms with E-state index in [1.165, 1.54) is 0 Å². The number of carbonyl (C=O) groups excluding carboxylic acids is 4. The van der Waals surface area contributed by atoms with Gasteiger partial charge in [-0.05, 0) is 19.1 Å². The number of imide groups is 1. The van der Waals surface area contributed by atoms with Crippen LogP contribution in [0.25, 0.3) is 0 Å². The maximum atomic E-state index is 13.7. The van der Waals surface area contributed by atoms with Crippen molar-refractivity contribution in [2.45, 2.75) is 13.5 Å². The fourth-order valence-corrected chi connectivity index (χ4v) is 2.24. The Labute approximate surface area is 123 Å². The Morgan fingerprint density at radius 3 is 2.32 bits per heavy atom. The molecule has 8 heteroatoms. The van der Waals surface area contributed by atoms with Crippen molar-refractivity contribution in [1.29, 1.82) is 0 Å². The summed E-state index contributed by atoms with van der Waals surface area (Å²) in [6, 6.07) is 1.60. The summed E-state index contributed by atoms with van der Waals surface area (Å²) in [5, 5.41) is 0. The first-order valence-electron chi connectivity index (χ1n) is 6.20. The molecular formula is C14H11F2NO5. The predicted molar refractivity (Wildman–Crippen MR) is 67.4 cm³/mol. The third-order valence-corrected chi connectivity index (χ3v) is 3.34. The Morgan fingerprint density at radius 1 is 1.23 bits per heavy atom. The summed E-state index contributed by atoms with van der Waals surface area (Å²) in [4.78, 5) is 47.7. The second-order valence-corrected chi connectivity index (χ2v) is 4.68. The molecule has 2 amide bonds. The van der Waals surface area contributed by atoms with E-state index in [-0.39, 0.29) is 5.56 Å². The number of carbonyl (C=O) groups is 4. The average Bonchev–Trinajstić information content (AvgIpc) is 2.81. The standard InChI is InChI=1S/C14H11F2NO5/c1-6(18)10(14(21)22-2)12(19)17-5-7-8(15)3-4-9(16)11(7)13(17)20/h3-4,10H,5H2,1-2H3. The van der Waals surface area contributed by atoms with E-state index in [0.717, 1.165) is 26.2 Å². The minimum atomic E-state index is -1.84. The summed E-state index contributed by atoms with van der Waals surface area (Å²) >= 11 is 0. The van der Waals surface area contributed by atoms with Crippen LogP contribution in [0.3, 0.4) is 0 Å². The zero-order valence-corrected chi connectivity index (χ0v) is 11.7. The topological polar surface area (TPSA) is 80.8 Å². The number of ketones is 1. The first kappa shape index (κ1) is 15.7. The van der Waals surface area contributed by atoms with Gasteiger partial charge in [-0.2, -0.15) is 0 Å². The fraction of sp³-hybridized carbons (Fsp3) is 0.286. The molecule has 0 fully saturated rings. The van der Waals surface area contributed by atoms with E-state index < -0.39 is 53.2 Å². The van der Waals surface area contributed by atoms with Gasteiger partial charge >= 0.3 is 5.97 Å². The molecule has 1 atom stereocenters. The highest BCUT2D eigenvalue weighted by Gasteiger charge is 2.43. The van der Waals surface area contributed by atoms with Crippen molar-refractivity contribution in [3.8, 4) is 0 Å². The van der Waals surface area contributed by atoms with Crippen LogP contribution in [-0.4, -0.2) is 35.6 Å². The summed E-state index contributed by atoms with van der Waals surface area (Å²) in [5.41, 5.74) is -0.856. The van der Waals surface area contributed by atoms with Crippen LogP contribution in [0.4, 0.5) is 8.78 Å². The molecule has 22 heavy (non-hydrogen) atoms. The van der Waals surface area contributed by atoms with Gasteiger partial charge in [-0.1, -0.05) is 0 Å². The zero-order chi connectivity index (χ0) is 16.6. The number of halogens is 2. The van der Waals surface area contributed by atoms with Crippen LogP contribution in [0.2, 0.25) is 0 Å². The molecule has 0 aromatic heterocycles. The molecule has 1 unspecified atom stereocenters. The van der Waals surface area contributed by atoms with Crippen LogP contribution >= 0.6 is 0 Å². The minimum Gasteiger partial charge on any atom is -0.468 e. The van der Waals surface area contributed by atoms with Gasteiger partial charge in [-0.3, -0.25) is 24.1 Å². The maximum Gasteiger partial charge on any atom is 0.325 e. The molecule has 0 aliphatic carbocycles. The van der Waals surface area contributed by atoms with E-state index in [2.05, 4.69) is 4.74 Å². The van der Waals surface area contributed by atoms with Crippen LogP contribution in [0.5, 0.6) is 0 Å². The molecule has 1 heterocycles. The molecule has 0 N–H and O–H groups in total. The van der Waals surface area contributed by atoms with Crippen molar-refractivity contribution < 1.29 is 32.7 Å². The Hall–Kier alpha value is -2.64. The van der Waals surface area contributed by atoms with E-state index >= 15 is 0 Å². The normalized spacial score (nSPS) is 14.5. The number of methoxy groups -OCH3 is 1. The predicted octanol–water partition coefficient (Wildman–Crippen LogP) is 0.825. The summed E-state index contributed by atoms with van der Waals surface area (Å²) < 4.78 is 31.7. The highest BCUT2D eigenvalue weighted by Crippen LogP contribution is 2.29. The van der Waals surface area contributed by atoms with Gasteiger partial charge in [0, 0.05) is 5.56 Å². The van der Waals surface area contributed by atoms with Crippen molar-refractivity contribution in [1.82, 2.24) is 4.90 Å². The van der Waals surface area contributed by atoms with Gasteiger partial charge < -0.3 is 4.74 Å². The summed E-state index contributed by atoms with van der Waals surface area (Å²) in [6.45, 7) is 0.436. The number of benzene rings is 1. The fourth-order valence-electron chi connectivity index (χ4n) is 2.24. The molecule has 0 saturated carbocycles. The van der Waals surface area contributed by atoms with Crippen molar-refractivity contribution in [2.75, 3.05) is 7.11 Å². The number of hydrogen-bond acceptors (Lipinski definition) is 5. The molecule has 0 radical (unpaired) electrons. The molecule has 1 aliphatic heterocycles. The number of hydrogen-bond donors (Lipinski definition) is 0. The van der Waals surface area contributed by atoms with Crippen LogP contribution in [0.15, 0.2) is 12.1 Å². The lowest BCUT2D eigenvalue weighted by molar-refractivity contribution is -0.155. The van der Waals surface area contributed by atoms with Crippen molar-refractivity contribution in [3.05, 3.63) is 34.9 Å². The number of rotatable bonds is 3. The van der Waals surface area contributed by atoms with Crippen LogP contribution < -0.4 is 0 Å². The monoisotopic (exact) mass is 311 g/mol. The number of fused-ring (bicyclic) bond motifs is 1. The highest BCUT2D eigenvalue weighted by molar-refractivity contribution is 6.21. The smallest absolute Gasteiger partial charge is 0.325 e. The first-order valence-corrected chi connectivity index (χ1v) is 6.20. The lowest BCUT2D eigenvalue weighted by Crippen LogP contribution is -2.43. The minimum absolute atomic E-state index is 0.287. The zero-order valence-electron chi connectivity index (χ0n) is 11.7. The molecule has 2 rings (SSSR count). The van der Waals surface area contributed by atoms with Gasteiger partial charge in [0.2, 0.25) is 0 Å². The third-order valence-electron chi connectivity index (χ3n) is 3.34. The van der Waals surface area contributed by atoms with E-state index in [4.69, 9.17) is 0 Å². The Bertz CT molecular complexity index is 701. The second kappa shape index (κ2) is 5.63. The van der Waals surface area contributed by atoms with Gasteiger partial charge in [-0.25, -0.2) is 8.78 Å². The van der Waals surface area contributed by atoms with Crippen LogP contribution in [0.1, 0.15) is 22.8 Å². The van der Waals surface area contributed by atoms with E-state index in [0.29, 0.717) is 4.90 Å². The van der Waals surface area contributed by atoms with Gasteiger partial charge in [0.1, 0.15) is 11.6 Å². The summed E-state index contributed by atoms with van der Waals surface area (Å²) in [6.07, 6.45) is 0. The van der Waals surface area contributed by atoms with Gasteiger partial charge in [-0.15, -0.1) is 0 Å². The SMILES string of the molecule is COC(=O)C(C(C)=O)C(=O)N1Cc2c(F)ccc(F)c2C1=O. The van der Waals surface area contributed by atoms with Crippen LogP contribution in [0, 0.1) is 17.6 Å². The van der Waals surface area contributed by atoms with Gasteiger partial charge in [0.15, 0.2) is 11.7 Å². The van der Waals surface area contributed by atoms with Gasteiger partial charge in [0.25, 0.3) is 11.8 Å². The first-order chi connectivity index (χ1) is 10.3.